The van der Waals surface area contributed by atoms with Crippen LogP contribution < -0.4 is 10.2 Å². The van der Waals surface area contributed by atoms with Crippen LogP contribution in [0.25, 0.3) is 0 Å². The summed E-state index contributed by atoms with van der Waals surface area (Å²) < 4.78 is 23.4. The first-order valence-corrected chi connectivity index (χ1v) is 11.3. The highest BCUT2D eigenvalue weighted by atomic mass is 32.2. The Labute approximate surface area is 169 Å². The van der Waals surface area contributed by atoms with Crippen molar-refractivity contribution >= 4 is 32.8 Å². The molecule has 154 valence electrons. The third-order valence-corrected chi connectivity index (χ3v) is 6.01. The number of nitro groups is 1. The van der Waals surface area contributed by atoms with Crippen LogP contribution in [0.2, 0.25) is 0 Å². The molecule has 2 aromatic rings. The van der Waals surface area contributed by atoms with E-state index in [0.29, 0.717) is 11.4 Å². The lowest BCUT2D eigenvalue weighted by Gasteiger charge is -2.22. The number of hydrogen-bond acceptors (Lipinski definition) is 6. The molecule has 9 heteroatoms. The minimum atomic E-state index is -3.41. The zero-order valence-electron chi connectivity index (χ0n) is 16.1. The largest absolute Gasteiger partial charge is 0.366 e. The van der Waals surface area contributed by atoms with E-state index < -0.39 is 20.7 Å². The van der Waals surface area contributed by atoms with Gasteiger partial charge in [0.15, 0.2) is 9.84 Å². The second-order valence-corrected chi connectivity index (χ2v) is 9.13. The first-order valence-electron chi connectivity index (χ1n) is 9.40. The number of anilines is 2. The van der Waals surface area contributed by atoms with E-state index in [1.165, 1.54) is 24.3 Å². The molecule has 0 spiro atoms. The monoisotopic (exact) mass is 417 g/mol. The lowest BCUT2D eigenvalue weighted by Crippen LogP contribution is -2.25. The van der Waals surface area contributed by atoms with E-state index in [1.54, 1.807) is 18.2 Å². The van der Waals surface area contributed by atoms with Crippen molar-refractivity contribution in [1.82, 2.24) is 0 Å². The molecular formula is C20H23N3O5S. The van der Waals surface area contributed by atoms with Gasteiger partial charge >= 0.3 is 0 Å². The van der Waals surface area contributed by atoms with Gasteiger partial charge in [0.25, 0.3) is 11.6 Å². The van der Waals surface area contributed by atoms with Gasteiger partial charge in [0.2, 0.25) is 0 Å². The molecule has 1 aliphatic rings. The quantitative estimate of drug-likeness (QED) is 0.588. The molecule has 29 heavy (non-hydrogen) atoms. The lowest BCUT2D eigenvalue weighted by atomic mass is 10.1. The SMILES string of the molecule is CS(=O)(=O)c1cccc(NC(=O)c2ccc(N3CCCCCC3)c([N+](=O)[O-])c2)c1. The molecule has 1 fully saturated rings. The lowest BCUT2D eigenvalue weighted by molar-refractivity contribution is -0.384. The van der Waals surface area contributed by atoms with Crippen molar-refractivity contribution in [3.63, 3.8) is 0 Å². The molecule has 0 saturated carbocycles. The third-order valence-electron chi connectivity index (χ3n) is 4.90. The molecule has 0 aliphatic carbocycles. The number of benzene rings is 2. The normalized spacial score (nSPS) is 14.9. The molecule has 0 unspecified atom stereocenters. The van der Waals surface area contributed by atoms with Crippen LogP contribution in [0.15, 0.2) is 47.4 Å². The van der Waals surface area contributed by atoms with Gasteiger partial charge in [-0.25, -0.2) is 8.42 Å². The smallest absolute Gasteiger partial charge is 0.293 e. The fourth-order valence-corrected chi connectivity index (χ4v) is 4.06. The molecule has 0 radical (unpaired) electrons. The minimum absolute atomic E-state index is 0.0813. The number of hydrogen-bond donors (Lipinski definition) is 1. The van der Waals surface area contributed by atoms with Gasteiger partial charge in [-0.2, -0.15) is 0 Å². The number of rotatable bonds is 5. The number of nitrogens with one attached hydrogen (secondary N) is 1. The highest BCUT2D eigenvalue weighted by Gasteiger charge is 2.23. The van der Waals surface area contributed by atoms with E-state index in [1.807, 2.05) is 4.90 Å². The van der Waals surface area contributed by atoms with Crippen molar-refractivity contribution in [2.75, 3.05) is 29.6 Å². The molecule has 1 saturated heterocycles. The highest BCUT2D eigenvalue weighted by molar-refractivity contribution is 7.90. The van der Waals surface area contributed by atoms with Gasteiger partial charge < -0.3 is 10.2 Å². The van der Waals surface area contributed by atoms with Crippen LogP contribution in [-0.4, -0.2) is 38.6 Å². The van der Waals surface area contributed by atoms with Crippen molar-refractivity contribution in [2.45, 2.75) is 30.6 Å². The van der Waals surface area contributed by atoms with Crippen LogP contribution in [0.3, 0.4) is 0 Å². The van der Waals surface area contributed by atoms with E-state index in [-0.39, 0.29) is 16.1 Å². The number of amides is 1. The predicted octanol–water partition coefficient (Wildman–Crippen LogP) is 3.63. The van der Waals surface area contributed by atoms with Crippen molar-refractivity contribution in [2.24, 2.45) is 0 Å². The molecule has 0 aromatic heterocycles. The van der Waals surface area contributed by atoms with Crippen LogP contribution >= 0.6 is 0 Å². The standard InChI is InChI=1S/C20H23N3O5S/c1-29(27,28)17-8-6-7-16(14-17)21-20(24)15-9-10-18(19(13-15)23(25)26)22-11-4-2-3-5-12-22/h6-10,13-14H,2-5,11-12H2,1H3,(H,21,24). The average Bonchev–Trinajstić information content (AvgIpc) is 2.96. The Balaban J connectivity index is 1.86. The highest BCUT2D eigenvalue weighted by Crippen LogP contribution is 2.31. The summed E-state index contributed by atoms with van der Waals surface area (Å²) in [5.74, 6) is -0.541. The van der Waals surface area contributed by atoms with Gasteiger partial charge in [-0.1, -0.05) is 18.9 Å². The molecule has 0 bridgehead atoms. The van der Waals surface area contributed by atoms with E-state index in [9.17, 15) is 23.3 Å². The Morgan fingerprint density at radius 3 is 2.38 bits per heavy atom. The Bertz CT molecular complexity index is 1030. The second-order valence-electron chi connectivity index (χ2n) is 7.12. The van der Waals surface area contributed by atoms with Crippen LogP contribution in [-0.2, 0) is 9.84 Å². The summed E-state index contributed by atoms with van der Waals surface area (Å²) in [6, 6.07) is 10.3. The Hall–Kier alpha value is -2.94. The van der Waals surface area contributed by atoms with Gasteiger partial charge in [0.1, 0.15) is 5.69 Å². The van der Waals surface area contributed by atoms with Crippen LogP contribution in [0.5, 0.6) is 0 Å². The Kier molecular flexibility index (Phi) is 6.17. The van der Waals surface area contributed by atoms with Crippen LogP contribution in [0, 0.1) is 10.1 Å². The van der Waals surface area contributed by atoms with Crippen molar-refractivity contribution in [1.29, 1.82) is 0 Å². The number of nitrogens with zero attached hydrogens (tertiary/aromatic N) is 2. The molecule has 8 nitrogen and oxygen atoms in total. The number of carbonyl (C=O) groups excluding carboxylic acids is 1. The average molecular weight is 417 g/mol. The molecule has 1 amide bonds. The van der Waals surface area contributed by atoms with Gasteiger partial charge in [-0.3, -0.25) is 14.9 Å². The summed E-state index contributed by atoms with van der Waals surface area (Å²) >= 11 is 0. The van der Waals surface area contributed by atoms with E-state index in [4.69, 9.17) is 0 Å². The van der Waals surface area contributed by atoms with Crippen LogP contribution in [0.4, 0.5) is 17.1 Å². The molecule has 2 aromatic carbocycles. The predicted molar refractivity (Wildman–Crippen MR) is 111 cm³/mol. The zero-order chi connectivity index (χ0) is 21.0. The minimum Gasteiger partial charge on any atom is -0.366 e. The van der Waals surface area contributed by atoms with Crippen molar-refractivity contribution in [3.05, 3.63) is 58.1 Å². The summed E-state index contributed by atoms with van der Waals surface area (Å²) in [5.41, 5.74) is 0.856. The maximum absolute atomic E-state index is 12.6. The number of carbonyl (C=O) groups is 1. The summed E-state index contributed by atoms with van der Waals surface area (Å²) in [5, 5.41) is 14.2. The molecule has 0 atom stereocenters. The first-order chi connectivity index (χ1) is 13.8. The second kappa shape index (κ2) is 8.60. The first kappa shape index (κ1) is 20.8. The fraction of sp³-hybridized carbons (Fsp3) is 0.350. The molecule has 1 N–H and O–H groups in total. The fourth-order valence-electron chi connectivity index (χ4n) is 3.40. The van der Waals surface area contributed by atoms with Crippen molar-refractivity contribution in [3.8, 4) is 0 Å². The maximum Gasteiger partial charge on any atom is 0.293 e. The van der Waals surface area contributed by atoms with Crippen molar-refractivity contribution < 1.29 is 18.1 Å². The summed E-state index contributed by atoms with van der Waals surface area (Å²) in [6.07, 6.45) is 5.26. The summed E-state index contributed by atoms with van der Waals surface area (Å²) in [7, 11) is -3.41. The number of nitro benzene ring substituents is 1. The van der Waals surface area contributed by atoms with E-state index in [2.05, 4.69) is 5.32 Å². The zero-order valence-corrected chi connectivity index (χ0v) is 16.9. The topological polar surface area (TPSA) is 110 Å². The summed E-state index contributed by atoms with van der Waals surface area (Å²) in [4.78, 5) is 25.8. The summed E-state index contributed by atoms with van der Waals surface area (Å²) in [6.45, 7) is 1.51. The molecule has 1 aliphatic heterocycles. The van der Waals surface area contributed by atoms with Crippen LogP contribution in [0.1, 0.15) is 36.0 Å². The molecular weight excluding hydrogens is 394 g/mol. The maximum atomic E-state index is 12.6. The van der Waals surface area contributed by atoms with E-state index >= 15 is 0 Å². The van der Waals surface area contributed by atoms with E-state index in [0.717, 1.165) is 45.0 Å². The Morgan fingerprint density at radius 2 is 1.76 bits per heavy atom. The van der Waals surface area contributed by atoms with Gasteiger partial charge in [0.05, 0.1) is 9.82 Å². The molecule has 3 rings (SSSR count). The number of sulfone groups is 1. The van der Waals surface area contributed by atoms with Gasteiger partial charge in [0, 0.05) is 36.7 Å². The molecule has 1 heterocycles. The van der Waals surface area contributed by atoms with Gasteiger partial charge in [-0.05, 0) is 43.2 Å². The Morgan fingerprint density at radius 1 is 1.07 bits per heavy atom. The third kappa shape index (κ3) is 5.11. The van der Waals surface area contributed by atoms with Gasteiger partial charge in [-0.15, -0.1) is 0 Å².